The SMILES string of the molecule is COC(=O)c1ccc(Sc2ccc(Cl)cc2)c(C(=O)O)c1. The summed E-state index contributed by atoms with van der Waals surface area (Å²) in [4.78, 5) is 24.2. The van der Waals surface area contributed by atoms with Gasteiger partial charge in [0.25, 0.3) is 0 Å². The summed E-state index contributed by atoms with van der Waals surface area (Å²) < 4.78 is 4.59. The lowest BCUT2D eigenvalue weighted by atomic mass is 10.1. The van der Waals surface area contributed by atoms with E-state index >= 15 is 0 Å². The first kappa shape index (κ1) is 15.4. The molecule has 6 heteroatoms. The van der Waals surface area contributed by atoms with Gasteiger partial charge < -0.3 is 9.84 Å². The second-order valence-electron chi connectivity index (χ2n) is 4.06. The van der Waals surface area contributed by atoms with Crippen LogP contribution in [0, 0.1) is 0 Å². The molecule has 0 aliphatic rings. The summed E-state index contributed by atoms with van der Waals surface area (Å²) in [6, 6.07) is 11.5. The Morgan fingerprint density at radius 2 is 1.81 bits per heavy atom. The summed E-state index contributed by atoms with van der Waals surface area (Å²) in [5.74, 6) is -1.67. The van der Waals surface area contributed by atoms with Gasteiger partial charge >= 0.3 is 11.9 Å². The number of halogens is 1. The van der Waals surface area contributed by atoms with Crippen molar-refractivity contribution in [3.05, 3.63) is 58.6 Å². The average molecular weight is 323 g/mol. The largest absolute Gasteiger partial charge is 0.478 e. The summed E-state index contributed by atoms with van der Waals surface area (Å²) in [5.41, 5.74) is 0.258. The van der Waals surface area contributed by atoms with Gasteiger partial charge in [-0.3, -0.25) is 0 Å². The lowest BCUT2D eigenvalue weighted by Crippen LogP contribution is -2.05. The third kappa shape index (κ3) is 3.77. The molecule has 0 atom stereocenters. The maximum Gasteiger partial charge on any atom is 0.337 e. The summed E-state index contributed by atoms with van der Waals surface area (Å²) in [6.45, 7) is 0. The molecule has 0 aromatic heterocycles. The highest BCUT2D eigenvalue weighted by molar-refractivity contribution is 7.99. The molecule has 0 spiro atoms. The molecule has 0 aliphatic heterocycles. The number of rotatable bonds is 4. The van der Waals surface area contributed by atoms with Crippen LogP contribution in [0.1, 0.15) is 20.7 Å². The molecular weight excluding hydrogens is 312 g/mol. The molecule has 0 fully saturated rings. The quantitative estimate of drug-likeness (QED) is 0.863. The second kappa shape index (κ2) is 6.65. The van der Waals surface area contributed by atoms with Gasteiger partial charge in [-0.05, 0) is 42.5 Å². The number of carboxylic acid groups (broad SMARTS) is 1. The summed E-state index contributed by atoms with van der Waals surface area (Å²) in [5, 5.41) is 9.89. The fraction of sp³-hybridized carbons (Fsp3) is 0.0667. The van der Waals surface area contributed by atoms with Crippen LogP contribution in [0.3, 0.4) is 0 Å². The Hall–Kier alpha value is -1.98. The number of benzene rings is 2. The van der Waals surface area contributed by atoms with Gasteiger partial charge in [-0.25, -0.2) is 9.59 Å². The van der Waals surface area contributed by atoms with Crippen LogP contribution < -0.4 is 0 Å². The van der Waals surface area contributed by atoms with E-state index in [0.717, 1.165) is 4.90 Å². The first-order valence-corrected chi connectivity index (χ1v) is 7.10. The smallest absolute Gasteiger partial charge is 0.337 e. The Labute approximate surface area is 130 Å². The van der Waals surface area contributed by atoms with E-state index in [1.807, 2.05) is 0 Å². The third-order valence-corrected chi connectivity index (χ3v) is 4.01. The van der Waals surface area contributed by atoms with Crippen LogP contribution in [-0.4, -0.2) is 24.2 Å². The second-order valence-corrected chi connectivity index (χ2v) is 5.62. The normalized spacial score (nSPS) is 10.2. The topological polar surface area (TPSA) is 63.6 Å². The maximum atomic E-state index is 11.5. The van der Waals surface area contributed by atoms with Crippen molar-refractivity contribution in [2.24, 2.45) is 0 Å². The van der Waals surface area contributed by atoms with Gasteiger partial charge in [-0.1, -0.05) is 23.4 Å². The molecule has 2 aromatic rings. The number of methoxy groups -OCH3 is 1. The minimum Gasteiger partial charge on any atom is -0.478 e. The highest BCUT2D eigenvalue weighted by Gasteiger charge is 2.15. The number of ether oxygens (including phenoxy) is 1. The van der Waals surface area contributed by atoms with Crippen molar-refractivity contribution in [3.8, 4) is 0 Å². The zero-order valence-electron chi connectivity index (χ0n) is 11.0. The first-order valence-electron chi connectivity index (χ1n) is 5.90. The van der Waals surface area contributed by atoms with Crippen LogP contribution in [0.25, 0.3) is 0 Å². The van der Waals surface area contributed by atoms with Crippen molar-refractivity contribution >= 4 is 35.3 Å². The minimum atomic E-state index is -1.10. The first-order chi connectivity index (χ1) is 10.0. The number of carbonyl (C=O) groups is 2. The number of carbonyl (C=O) groups excluding carboxylic acids is 1. The molecule has 0 bridgehead atoms. The summed E-state index contributed by atoms with van der Waals surface area (Å²) in [7, 11) is 1.25. The van der Waals surface area contributed by atoms with E-state index in [2.05, 4.69) is 4.74 Å². The van der Waals surface area contributed by atoms with Crippen molar-refractivity contribution in [2.75, 3.05) is 7.11 Å². The van der Waals surface area contributed by atoms with Crippen LogP contribution in [0.2, 0.25) is 5.02 Å². The molecule has 21 heavy (non-hydrogen) atoms. The minimum absolute atomic E-state index is 0.0536. The van der Waals surface area contributed by atoms with Crippen molar-refractivity contribution < 1.29 is 19.4 Å². The summed E-state index contributed by atoms with van der Waals surface area (Å²) in [6.07, 6.45) is 0. The molecule has 1 N–H and O–H groups in total. The van der Waals surface area contributed by atoms with E-state index in [1.165, 1.54) is 31.0 Å². The lowest BCUT2D eigenvalue weighted by Gasteiger charge is -2.08. The highest BCUT2D eigenvalue weighted by Crippen LogP contribution is 2.32. The molecular formula is C15H11ClO4S. The van der Waals surface area contributed by atoms with Crippen LogP contribution in [-0.2, 0) is 4.74 Å². The maximum absolute atomic E-state index is 11.5. The van der Waals surface area contributed by atoms with Gasteiger partial charge in [0.2, 0.25) is 0 Å². The number of hydrogen-bond acceptors (Lipinski definition) is 4. The predicted molar refractivity (Wildman–Crippen MR) is 80.3 cm³/mol. The standard InChI is InChI=1S/C15H11ClO4S/c1-20-15(19)9-2-7-13(12(8-9)14(17)18)21-11-5-3-10(16)4-6-11/h2-8H,1H3,(H,17,18). The van der Waals surface area contributed by atoms with Gasteiger partial charge in [-0.2, -0.15) is 0 Å². The monoisotopic (exact) mass is 322 g/mol. The van der Waals surface area contributed by atoms with E-state index in [4.69, 9.17) is 11.6 Å². The zero-order valence-corrected chi connectivity index (χ0v) is 12.6. The molecule has 0 unspecified atom stereocenters. The molecule has 0 heterocycles. The van der Waals surface area contributed by atoms with E-state index in [0.29, 0.717) is 9.92 Å². The molecule has 2 aromatic carbocycles. The molecule has 2 rings (SSSR count). The fourth-order valence-electron chi connectivity index (χ4n) is 1.66. The Morgan fingerprint density at radius 1 is 1.14 bits per heavy atom. The van der Waals surface area contributed by atoms with Crippen LogP contribution in [0.5, 0.6) is 0 Å². The Kier molecular flexibility index (Phi) is 4.88. The Bertz CT molecular complexity index is 683. The molecule has 0 saturated carbocycles. The van der Waals surface area contributed by atoms with Crippen molar-refractivity contribution in [3.63, 3.8) is 0 Å². The van der Waals surface area contributed by atoms with Crippen LogP contribution in [0.15, 0.2) is 52.3 Å². The molecule has 4 nitrogen and oxygen atoms in total. The number of hydrogen-bond donors (Lipinski definition) is 1. The molecule has 0 saturated heterocycles. The van der Waals surface area contributed by atoms with Crippen molar-refractivity contribution in [2.45, 2.75) is 9.79 Å². The number of carboxylic acids is 1. The Morgan fingerprint density at radius 3 is 2.38 bits per heavy atom. The average Bonchev–Trinajstić information content (AvgIpc) is 2.49. The number of esters is 1. The van der Waals surface area contributed by atoms with Gasteiger partial charge in [0, 0.05) is 14.8 Å². The summed E-state index contributed by atoms with van der Waals surface area (Å²) >= 11 is 7.10. The van der Waals surface area contributed by atoms with E-state index in [-0.39, 0.29) is 11.1 Å². The van der Waals surface area contributed by atoms with E-state index in [9.17, 15) is 14.7 Å². The molecule has 108 valence electrons. The van der Waals surface area contributed by atoms with E-state index in [1.54, 1.807) is 30.3 Å². The highest BCUT2D eigenvalue weighted by atomic mass is 35.5. The number of aromatic carboxylic acids is 1. The van der Waals surface area contributed by atoms with Crippen molar-refractivity contribution in [1.82, 2.24) is 0 Å². The van der Waals surface area contributed by atoms with Crippen molar-refractivity contribution in [1.29, 1.82) is 0 Å². The predicted octanol–water partition coefficient (Wildman–Crippen LogP) is 3.98. The molecule has 0 amide bonds. The van der Waals surface area contributed by atoms with Gasteiger partial charge in [0.15, 0.2) is 0 Å². The van der Waals surface area contributed by atoms with Gasteiger partial charge in [0.1, 0.15) is 0 Å². The van der Waals surface area contributed by atoms with E-state index < -0.39 is 11.9 Å². The van der Waals surface area contributed by atoms with Gasteiger partial charge in [-0.15, -0.1) is 0 Å². The lowest BCUT2D eigenvalue weighted by molar-refractivity contribution is 0.0600. The molecule has 0 aliphatic carbocycles. The molecule has 0 radical (unpaired) electrons. The third-order valence-electron chi connectivity index (χ3n) is 2.67. The Balaban J connectivity index is 2.36. The van der Waals surface area contributed by atoms with Crippen LogP contribution >= 0.6 is 23.4 Å². The zero-order chi connectivity index (χ0) is 15.4. The van der Waals surface area contributed by atoms with Crippen LogP contribution in [0.4, 0.5) is 0 Å². The fourth-order valence-corrected chi connectivity index (χ4v) is 2.70. The van der Waals surface area contributed by atoms with Gasteiger partial charge in [0.05, 0.1) is 18.2 Å².